The third kappa shape index (κ3) is 6.40. The molecule has 140 valence electrons. The maximum Gasteiger partial charge on any atom is 0.189 e. The van der Waals surface area contributed by atoms with Crippen LogP contribution in [-0.2, 0) is 5.41 Å². The van der Waals surface area contributed by atoms with Gasteiger partial charge in [0, 0.05) is 17.2 Å². The summed E-state index contributed by atoms with van der Waals surface area (Å²) in [5.41, 5.74) is 2.34. The lowest BCUT2D eigenvalue weighted by Crippen LogP contribution is -2.11. The third-order valence-electron chi connectivity index (χ3n) is 3.69. The predicted octanol–water partition coefficient (Wildman–Crippen LogP) is 6.19. The first-order chi connectivity index (χ1) is 12.2. The first-order valence-corrected chi connectivity index (χ1v) is 8.92. The molecule has 0 fully saturated rings. The largest absolute Gasteiger partial charge is 0.507 e. The van der Waals surface area contributed by atoms with Gasteiger partial charge >= 0.3 is 0 Å². The van der Waals surface area contributed by atoms with Crippen LogP contribution >= 0.6 is 0 Å². The Bertz CT molecular complexity index is 718. The molecule has 0 saturated carbocycles. The third-order valence-corrected chi connectivity index (χ3v) is 3.69. The molecule has 3 heteroatoms. The van der Waals surface area contributed by atoms with Gasteiger partial charge in [-0.05, 0) is 35.2 Å². The van der Waals surface area contributed by atoms with E-state index in [-0.39, 0.29) is 17.0 Å². The number of hydrogen-bond acceptors (Lipinski definition) is 3. The van der Waals surface area contributed by atoms with Gasteiger partial charge in [-0.1, -0.05) is 65.3 Å². The summed E-state index contributed by atoms with van der Waals surface area (Å²) in [7, 11) is 1.58. The van der Waals surface area contributed by atoms with E-state index >= 15 is 0 Å². The Balaban J connectivity index is 0.00000105. The van der Waals surface area contributed by atoms with Crippen LogP contribution in [0.15, 0.2) is 54.6 Å². The second-order valence-corrected chi connectivity index (χ2v) is 7.16. The molecule has 0 aromatic heterocycles. The van der Waals surface area contributed by atoms with Crippen molar-refractivity contribution in [3.05, 3.63) is 71.3 Å². The van der Waals surface area contributed by atoms with Crippen molar-refractivity contribution in [3.63, 3.8) is 0 Å². The average molecular weight is 354 g/mol. The quantitative estimate of drug-likeness (QED) is 0.404. The molecule has 0 heterocycles. The van der Waals surface area contributed by atoms with Gasteiger partial charge in [-0.3, -0.25) is 4.79 Å². The molecule has 26 heavy (non-hydrogen) atoms. The van der Waals surface area contributed by atoms with E-state index in [1.165, 1.54) is 12.5 Å². The van der Waals surface area contributed by atoms with E-state index < -0.39 is 0 Å². The van der Waals surface area contributed by atoms with E-state index in [4.69, 9.17) is 4.74 Å². The number of rotatable bonds is 4. The van der Waals surface area contributed by atoms with Crippen molar-refractivity contribution < 1.29 is 14.6 Å². The monoisotopic (exact) mass is 354 g/mol. The lowest BCUT2D eigenvalue weighted by atomic mass is 9.86. The van der Waals surface area contributed by atoms with Crippen molar-refractivity contribution in [1.29, 1.82) is 0 Å². The van der Waals surface area contributed by atoms with Gasteiger partial charge in [-0.2, -0.15) is 0 Å². The fraction of sp³-hybridized carbons (Fsp3) is 0.348. The highest BCUT2D eigenvalue weighted by Gasteiger charge is 2.14. The molecule has 0 amide bonds. The molecular weight excluding hydrogens is 324 g/mol. The number of allylic oxidation sites excluding steroid dienone is 1. The second kappa shape index (κ2) is 9.81. The molecule has 0 atom stereocenters. The van der Waals surface area contributed by atoms with Gasteiger partial charge in [0.25, 0.3) is 0 Å². The maximum atomic E-state index is 12.3. The normalized spacial score (nSPS) is 11.4. The molecule has 2 aromatic rings. The molecule has 0 bridgehead atoms. The highest BCUT2D eigenvalue weighted by molar-refractivity contribution is 6.07. The molecular formula is C23H30O3. The van der Waals surface area contributed by atoms with Crippen LogP contribution in [0.3, 0.4) is 0 Å². The summed E-state index contributed by atoms with van der Waals surface area (Å²) >= 11 is 0. The van der Waals surface area contributed by atoms with Crippen LogP contribution in [0.1, 0.15) is 62.5 Å². The summed E-state index contributed by atoms with van der Waals surface area (Å²) in [5.74, 6) is 0.418. The van der Waals surface area contributed by atoms with Crippen molar-refractivity contribution in [3.8, 4) is 5.75 Å². The Hall–Kier alpha value is -2.55. The number of hydrogen-bond donors (Lipinski definition) is 1. The fourth-order valence-electron chi connectivity index (χ4n) is 2.19. The summed E-state index contributed by atoms with van der Waals surface area (Å²) in [5, 5.41) is 10.1. The zero-order valence-corrected chi connectivity index (χ0v) is 16.7. The second-order valence-electron chi connectivity index (χ2n) is 7.16. The minimum Gasteiger partial charge on any atom is -0.507 e. The van der Waals surface area contributed by atoms with Crippen molar-refractivity contribution in [2.75, 3.05) is 7.11 Å². The molecule has 0 saturated heterocycles. The number of carbonyl (C=O) groups is 1. The van der Waals surface area contributed by atoms with Crippen molar-refractivity contribution in [2.24, 2.45) is 0 Å². The van der Waals surface area contributed by atoms with Gasteiger partial charge in [-0.25, -0.2) is 0 Å². The van der Waals surface area contributed by atoms with Gasteiger partial charge in [0.05, 0.1) is 7.11 Å². The molecule has 0 aliphatic heterocycles. The summed E-state index contributed by atoms with van der Waals surface area (Å²) < 4.78 is 5.07. The first-order valence-electron chi connectivity index (χ1n) is 8.92. The standard InChI is InChI=1S/C20H22O3.C3H8/c1-20(2,3)16-9-5-14(6-10-16)18(21)13-19(22)15-7-11-17(23-4)12-8-15;1-3-2/h5-13,22H,1-4H3;3H2,1-2H3/b19-13-;. The van der Waals surface area contributed by atoms with Crippen LogP contribution < -0.4 is 4.74 Å². The highest BCUT2D eigenvalue weighted by Crippen LogP contribution is 2.23. The van der Waals surface area contributed by atoms with E-state index in [1.807, 2.05) is 12.1 Å². The molecule has 0 aliphatic rings. The lowest BCUT2D eigenvalue weighted by molar-refractivity contribution is 0.104. The van der Waals surface area contributed by atoms with Crippen molar-refractivity contribution in [2.45, 2.75) is 46.5 Å². The number of carbonyl (C=O) groups excluding carboxylic acids is 1. The molecule has 0 radical (unpaired) electrons. The number of methoxy groups -OCH3 is 1. The van der Waals surface area contributed by atoms with Crippen LogP contribution in [0.2, 0.25) is 0 Å². The number of aliphatic hydroxyl groups is 1. The summed E-state index contributed by atoms with van der Waals surface area (Å²) in [4.78, 5) is 12.3. The van der Waals surface area contributed by atoms with Gasteiger partial charge in [-0.15, -0.1) is 0 Å². The van der Waals surface area contributed by atoms with Gasteiger partial charge in [0.1, 0.15) is 11.5 Å². The molecule has 2 rings (SSSR count). The minimum atomic E-state index is -0.223. The Morgan fingerprint density at radius 3 is 1.85 bits per heavy atom. The van der Waals surface area contributed by atoms with Crippen LogP contribution in [0.5, 0.6) is 5.75 Å². The van der Waals surface area contributed by atoms with E-state index in [2.05, 4.69) is 34.6 Å². The number of ether oxygens (including phenoxy) is 1. The van der Waals surface area contributed by atoms with Crippen molar-refractivity contribution in [1.82, 2.24) is 0 Å². The molecule has 3 nitrogen and oxygen atoms in total. The maximum absolute atomic E-state index is 12.3. The van der Waals surface area contributed by atoms with Gasteiger partial charge in [0.2, 0.25) is 0 Å². The average Bonchev–Trinajstić information content (AvgIpc) is 2.61. The topological polar surface area (TPSA) is 46.5 Å². The number of ketones is 1. The first kappa shape index (κ1) is 21.5. The zero-order chi connectivity index (χ0) is 19.7. The Morgan fingerprint density at radius 2 is 1.42 bits per heavy atom. The van der Waals surface area contributed by atoms with E-state index in [1.54, 1.807) is 43.5 Å². The minimum absolute atomic E-state index is 0.0443. The summed E-state index contributed by atoms with van der Waals surface area (Å²) in [6.45, 7) is 10.6. The molecule has 0 aliphatic carbocycles. The Kier molecular flexibility index (Phi) is 8.11. The lowest BCUT2D eigenvalue weighted by Gasteiger charge is -2.18. The van der Waals surface area contributed by atoms with Crippen LogP contribution in [-0.4, -0.2) is 18.0 Å². The number of aliphatic hydroxyl groups excluding tert-OH is 1. The molecule has 0 spiro atoms. The Labute approximate surface area is 157 Å². The zero-order valence-electron chi connectivity index (χ0n) is 16.7. The van der Waals surface area contributed by atoms with E-state index in [0.717, 1.165) is 5.56 Å². The van der Waals surface area contributed by atoms with E-state index in [9.17, 15) is 9.90 Å². The molecule has 2 aromatic carbocycles. The SMILES string of the molecule is CCC.COc1ccc(/C(O)=C/C(=O)c2ccc(C(C)(C)C)cc2)cc1. The summed E-state index contributed by atoms with van der Waals surface area (Å²) in [6, 6.07) is 14.4. The van der Waals surface area contributed by atoms with Crippen LogP contribution in [0.25, 0.3) is 5.76 Å². The van der Waals surface area contributed by atoms with Crippen LogP contribution in [0, 0.1) is 0 Å². The predicted molar refractivity (Wildman–Crippen MR) is 109 cm³/mol. The number of benzene rings is 2. The van der Waals surface area contributed by atoms with Crippen molar-refractivity contribution >= 4 is 11.5 Å². The van der Waals surface area contributed by atoms with Gasteiger partial charge < -0.3 is 9.84 Å². The highest BCUT2D eigenvalue weighted by atomic mass is 16.5. The van der Waals surface area contributed by atoms with Gasteiger partial charge in [0.15, 0.2) is 5.78 Å². The molecule has 0 unspecified atom stereocenters. The fourth-order valence-corrected chi connectivity index (χ4v) is 2.19. The molecule has 1 N–H and O–H groups in total. The smallest absolute Gasteiger partial charge is 0.189 e. The van der Waals surface area contributed by atoms with E-state index in [0.29, 0.717) is 16.9 Å². The summed E-state index contributed by atoms with van der Waals surface area (Å²) in [6.07, 6.45) is 2.49. The van der Waals surface area contributed by atoms with Crippen LogP contribution in [0.4, 0.5) is 0 Å². The Morgan fingerprint density at radius 1 is 0.962 bits per heavy atom.